The normalized spacial score (nSPS) is 33.4. The number of rotatable bonds is 4. The monoisotopic (exact) mass is 237 g/mol. The standard InChI is InChI=1S/C14H27N3/c1-16-7-5-13(6-8-16)15-10-12-4-9-17(11-12)14-2-3-14/h12-15H,2-11H2,1H3. The molecule has 1 N–H and O–H groups in total. The molecule has 0 aromatic carbocycles. The number of nitrogens with one attached hydrogen (secondary N) is 1. The lowest BCUT2D eigenvalue weighted by Crippen LogP contribution is -2.42. The molecule has 2 heterocycles. The first-order chi connectivity index (χ1) is 8.31. The van der Waals surface area contributed by atoms with Gasteiger partial charge >= 0.3 is 0 Å². The molecule has 3 aliphatic rings. The van der Waals surface area contributed by atoms with Gasteiger partial charge in [0, 0.05) is 18.6 Å². The highest BCUT2D eigenvalue weighted by Gasteiger charge is 2.34. The van der Waals surface area contributed by atoms with E-state index in [4.69, 9.17) is 0 Å². The van der Waals surface area contributed by atoms with Gasteiger partial charge in [0.1, 0.15) is 0 Å². The van der Waals surface area contributed by atoms with Crippen LogP contribution in [0.25, 0.3) is 0 Å². The molecule has 1 unspecified atom stereocenters. The summed E-state index contributed by atoms with van der Waals surface area (Å²) in [4.78, 5) is 5.17. The first kappa shape index (κ1) is 11.9. The molecule has 17 heavy (non-hydrogen) atoms. The van der Waals surface area contributed by atoms with E-state index in [1.165, 1.54) is 64.8 Å². The predicted octanol–water partition coefficient (Wildman–Crippen LogP) is 1.15. The maximum Gasteiger partial charge on any atom is 0.00965 e. The molecule has 3 nitrogen and oxygen atoms in total. The van der Waals surface area contributed by atoms with Crippen LogP contribution in [0.3, 0.4) is 0 Å². The van der Waals surface area contributed by atoms with Crippen molar-refractivity contribution in [2.24, 2.45) is 5.92 Å². The lowest BCUT2D eigenvalue weighted by atomic mass is 10.0. The maximum absolute atomic E-state index is 3.81. The summed E-state index contributed by atoms with van der Waals surface area (Å²) >= 11 is 0. The van der Waals surface area contributed by atoms with Crippen molar-refractivity contribution in [3.05, 3.63) is 0 Å². The van der Waals surface area contributed by atoms with E-state index < -0.39 is 0 Å². The average molecular weight is 237 g/mol. The smallest absolute Gasteiger partial charge is 0.00965 e. The number of hydrogen-bond acceptors (Lipinski definition) is 3. The maximum atomic E-state index is 3.81. The average Bonchev–Trinajstić information content (AvgIpc) is 3.09. The van der Waals surface area contributed by atoms with Crippen molar-refractivity contribution in [3.63, 3.8) is 0 Å². The van der Waals surface area contributed by atoms with E-state index >= 15 is 0 Å². The third kappa shape index (κ3) is 3.21. The summed E-state index contributed by atoms with van der Waals surface area (Å²) in [5.41, 5.74) is 0. The molecule has 2 saturated heterocycles. The fourth-order valence-electron chi connectivity index (χ4n) is 3.35. The van der Waals surface area contributed by atoms with Gasteiger partial charge in [-0.1, -0.05) is 0 Å². The van der Waals surface area contributed by atoms with Gasteiger partial charge in [0.2, 0.25) is 0 Å². The third-order valence-corrected chi connectivity index (χ3v) is 4.79. The highest BCUT2D eigenvalue weighted by molar-refractivity contribution is 4.90. The van der Waals surface area contributed by atoms with Gasteiger partial charge in [-0.15, -0.1) is 0 Å². The van der Waals surface area contributed by atoms with E-state index in [1.54, 1.807) is 0 Å². The molecule has 2 aliphatic heterocycles. The van der Waals surface area contributed by atoms with Crippen LogP contribution >= 0.6 is 0 Å². The molecule has 1 saturated carbocycles. The Morgan fingerprint density at radius 1 is 1.00 bits per heavy atom. The van der Waals surface area contributed by atoms with Crippen LogP contribution in [0.4, 0.5) is 0 Å². The summed E-state index contributed by atoms with van der Waals surface area (Å²) in [5.74, 6) is 0.926. The van der Waals surface area contributed by atoms with Crippen molar-refractivity contribution in [1.82, 2.24) is 15.1 Å². The summed E-state index contributed by atoms with van der Waals surface area (Å²) in [6.45, 7) is 6.54. The van der Waals surface area contributed by atoms with Gasteiger partial charge in [0.25, 0.3) is 0 Å². The number of likely N-dealkylation sites (tertiary alicyclic amines) is 2. The molecule has 0 aromatic rings. The minimum atomic E-state index is 0.793. The Morgan fingerprint density at radius 2 is 1.76 bits per heavy atom. The molecule has 0 bridgehead atoms. The molecular weight excluding hydrogens is 210 g/mol. The quantitative estimate of drug-likeness (QED) is 0.791. The molecule has 0 radical (unpaired) electrons. The van der Waals surface area contributed by atoms with Crippen LogP contribution in [0.1, 0.15) is 32.1 Å². The lowest BCUT2D eigenvalue weighted by molar-refractivity contribution is 0.228. The zero-order valence-corrected chi connectivity index (χ0v) is 11.2. The van der Waals surface area contributed by atoms with Gasteiger partial charge in [-0.05, 0) is 71.2 Å². The fourth-order valence-corrected chi connectivity index (χ4v) is 3.35. The van der Waals surface area contributed by atoms with Crippen molar-refractivity contribution in [2.45, 2.75) is 44.2 Å². The molecule has 0 spiro atoms. The lowest BCUT2D eigenvalue weighted by Gasteiger charge is -2.30. The predicted molar refractivity (Wildman–Crippen MR) is 71.2 cm³/mol. The van der Waals surface area contributed by atoms with E-state index in [9.17, 15) is 0 Å². The van der Waals surface area contributed by atoms with Gasteiger partial charge in [-0.3, -0.25) is 0 Å². The SMILES string of the molecule is CN1CCC(NCC2CCN(C3CC3)C2)CC1. The Bertz CT molecular complexity index is 244. The largest absolute Gasteiger partial charge is 0.314 e. The molecule has 0 amide bonds. The van der Waals surface area contributed by atoms with Crippen molar-refractivity contribution in [2.75, 3.05) is 39.8 Å². The van der Waals surface area contributed by atoms with Crippen molar-refractivity contribution in [1.29, 1.82) is 0 Å². The molecule has 1 atom stereocenters. The molecule has 3 fully saturated rings. The van der Waals surface area contributed by atoms with Gasteiger partial charge in [0.05, 0.1) is 0 Å². The van der Waals surface area contributed by atoms with Crippen LogP contribution in [0.2, 0.25) is 0 Å². The first-order valence-electron chi connectivity index (χ1n) is 7.47. The zero-order valence-electron chi connectivity index (χ0n) is 11.2. The molecule has 1 aliphatic carbocycles. The minimum absolute atomic E-state index is 0.793. The second-order valence-corrected chi connectivity index (χ2v) is 6.37. The summed E-state index contributed by atoms with van der Waals surface area (Å²) in [6.07, 6.45) is 7.05. The molecule has 3 rings (SSSR count). The zero-order chi connectivity index (χ0) is 11.7. The molecule has 3 heteroatoms. The Kier molecular flexibility index (Phi) is 3.69. The van der Waals surface area contributed by atoms with E-state index in [2.05, 4.69) is 22.2 Å². The van der Waals surface area contributed by atoms with Crippen LogP contribution in [0, 0.1) is 5.92 Å². The highest BCUT2D eigenvalue weighted by atomic mass is 15.2. The van der Waals surface area contributed by atoms with Crippen LogP contribution in [-0.2, 0) is 0 Å². The van der Waals surface area contributed by atoms with Gasteiger partial charge in [0.15, 0.2) is 0 Å². The van der Waals surface area contributed by atoms with E-state index in [1.807, 2.05) is 0 Å². The number of nitrogens with zero attached hydrogens (tertiary/aromatic N) is 2. The van der Waals surface area contributed by atoms with Crippen LogP contribution in [0.5, 0.6) is 0 Å². The molecular formula is C14H27N3. The second kappa shape index (κ2) is 5.25. The summed E-state index contributed by atoms with van der Waals surface area (Å²) in [5, 5.41) is 3.81. The molecule has 0 aromatic heterocycles. The topological polar surface area (TPSA) is 18.5 Å². The third-order valence-electron chi connectivity index (χ3n) is 4.79. The van der Waals surface area contributed by atoms with Crippen molar-refractivity contribution < 1.29 is 0 Å². The van der Waals surface area contributed by atoms with Crippen LogP contribution in [-0.4, -0.2) is 61.7 Å². The summed E-state index contributed by atoms with van der Waals surface area (Å²) in [7, 11) is 2.24. The van der Waals surface area contributed by atoms with Crippen LogP contribution < -0.4 is 5.32 Å². The van der Waals surface area contributed by atoms with Gasteiger partial charge in [-0.2, -0.15) is 0 Å². The highest BCUT2D eigenvalue weighted by Crippen LogP contribution is 2.31. The second-order valence-electron chi connectivity index (χ2n) is 6.37. The number of piperidine rings is 1. The summed E-state index contributed by atoms with van der Waals surface area (Å²) < 4.78 is 0. The van der Waals surface area contributed by atoms with Gasteiger partial charge < -0.3 is 15.1 Å². The van der Waals surface area contributed by atoms with E-state index in [0.717, 1.165) is 18.0 Å². The minimum Gasteiger partial charge on any atom is -0.314 e. The number of hydrogen-bond donors (Lipinski definition) is 1. The van der Waals surface area contributed by atoms with Crippen molar-refractivity contribution >= 4 is 0 Å². The Balaban J connectivity index is 1.34. The summed E-state index contributed by atoms with van der Waals surface area (Å²) in [6, 6.07) is 1.77. The Hall–Kier alpha value is -0.120. The van der Waals surface area contributed by atoms with E-state index in [0.29, 0.717) is 0 Å². The molecule has 98 valence electrons. The Labute approximate surface area is 106 Å². The van der Waals surface area contributed by atoms with Crippen LogP contribution in [0.15, 0.2) is 0 Å². The van der Waals surface area contributed by atoms with Crippen molar-refractivity contribution in [3.8, 4) is 0 Å². The fraction of sp³-hybridized carbons (Fsp3) is 1.00. The van der Waals surface area contributed by atoms with Gasteiger partial charge in [-0.25, -0.2) is 0 Å². The van der Waals surface area contributed by atoms with E-state index in [-0.39, 0.29) is 0 Å². The first-order valence-corrected chi connectivity index (χ1v) is 7.47. The Morgan fingerprint density at radius 3 is 2.47 bits per heavy atom.